The van der Waals surface area contributed by atoms with Crippen molar-refractivity contribution in [1.29, 1.82) is 0 Å². The second-order valence-corrected chi connectivity index (χ2v) is 6.34. The maximum Gasteiger partial charge on any atom is 0.232 e. The van der Waals surface area contributed by atoms with Crippen LogP contribution in [0.4, 0.5) is 0 Å². The lowest BCUT2D eigenvalue weighted by molar-refractivity contribution is -0.175. The smallest absolute Gasteiger partial charge is 0.232 e. The van der Waals surface area contributed by atoms with Gasteiger partial charge in [0, 0.05) is 23.3 Å². The largest absolute Gasteiger partial charge is 0.392 e. The van der Waals surface area contributed by atoms with E-state index in [1.54, 1.807) is 0 Å². The number of amides is 2. The molecule has 3 fully saturated rings. The Balaban J connectivity index is 1.88. The number of fused-ring (bicyclic) bond motifs is 2. The van der Waals surface area contributed by atoms with E-state index >= 15 is 0 Å². The number of imide groups is 1. The summed E-state index contributed by atoms with van der Waals surface area (Å²) < 4.78 is 0. The molecular formula is C13H19NO3. The highest BCUT2D eigenvalue weighted by atomic mass is 16.3. The predicted octanol–water partition coefficient (Wildman–Crippen LogP) is 0.931. The molecule has 2 aliphatic carbocycles. The Morgan fingerprint density at radius 1 is 1.12 bits per heavy atom. The third-order valence-corrected chi connectivity index (χ3v) is 5.08. The van der Waals surface area contributed by atoms with Gasteiger partial charge >= 0.3 is 0 Å². The number of carbonyl (C=O) groups is 2. The van der Waals surface area contributed by atoms with Gasteiger partial charge in [0.05, 0.1) is 6.10 Å². The number of hydrogen-bond acceptors (Lipinski definition) is 3. The van der Waals surface area contributed by atoms with E-state index in [0.29, 0.717) is 6.42 Å². The van der Waals surface area contributed by atoms with Gasteiger partial charge in [0.2, 0.25) is 11.8 Å². The summed E-state index contributed by atoms with van der Waals surface area (Å²) in [5.74, 6) is 0.139. The van der Waals surface area contributed by atoms with Crippen LogP contribution in [0, 0.1) is 17.3 Å². The van der Waals surface area contributed by atoms with Crippen molar-refractivity contribution in [3.8, 4) is 0 Å². The normalized spacial score (nSPS) is 43.8. The monoisotopic (exact) mass is 237 g/mol. The van der Waals surface area contributed by atoms with Crippen molar-refractivity contribution in [3.63, 3.8) is 0 Å². The molecule has 1 N–H and O–H groups in total. The van der Waals surface area contributed by atoms with Crippen molar-refractivity contribution in [2.24, 2.45) is 17.3 Å². The van der Waals surface area contributed by atoms with Crippen LogP contribution in [0.15, 0.2) is 0 Å². The van der Waals surface area contributed by atoms with Gasteiger partial charge in [-0.15, -0.1) is 0 Å². The number of nitrogens with zero attached hydrogens (tertiary/aromatic N) is 1. The van der Waals surface area contributed by atoms with E-state index in [9.17, 15) is 14.7 Å². The van der Waals surface area contributed by atoms with Crippen LogP contribution in [-0.2, 0) is 9.59 Å². The zero-order valence-corrected chi connectivity index (χ0v) is 10.3. The molecule has 0 spiro atoms. The van der Waals surface area contributed by atoms with Crippen molar-refractivity contribution in [1.82, 2.24) is 4.90 Å². The highest BCUT2D eigenvalue weighted by Crippen LogP contribution is 2.48. The molecule has 3 rings (SSSR count). The van der Waals surface area contributed by atoms with E-state index < -0.39 is 6.10 Å². The van der Waals surface area contributed by atoms with Gasteiger partial charge in [-0.25, -0.2) is 0 Å². The first-order valence-corrected chi connectivity index (χ1v) is 6.48. The van der Waals surface area contributed by atoms with E-state index in [0.717, 1.165) is 19.3 Å². The third kappa shape index (κ3) is 1.33. The minimum Gasteiger partial charge on any atom is -0.392 e. The number of aliphatic hydroxyl groups excluding tert-OH is 1. The molecule has 1 saturated heterocycles. The maximum absolute atomic E-state index is 12.2. The predicted molar refractivity (Wildman–Crippen MR) is 60.9 cm³/mol. The van der Waals surface area contributed by atoms with Crippen LogP contribution in [0.5, 0.6) is 0 Å². The fourth-order valence-electron chi connectivity index (χ4n) is 3.56. The van der Waals surface area contributed by atoms with E-state index in [2.05, 4.69) is 0 Å². The first-order valence-electron chi connectivity index (χ1n) is 6.48. The molecular weight excluding hydrogens is 218 g/mol. The second kappa shape index (κ2) is 3.31. The van der Waals surface area contributed by atoms with Crippen molar-refractivity contribution in [2.75, 3.05) is 0 Å². The Hall–Kier alpha value is -0.900. The number of hydrogen-bond donors (Lipinski definition) is 1. The quantitative estimate of drug-likeness (QED) is 0.690. The zero-order valence-electron chi connectivity index (χ0n) is 10.3. The zero-order chi connectivity index (χ0) is 12.4. The molecule has 0 aromatic heterocycles. The van der Waals surface area contributed by atoms with Crippen LogP contribution in [-0.4, -0.2) is 34.0 Å². The molecule has 0 radical (unpaired) electrons. The molecule has 0 aromatic carbocycles. The summed E-state index contributed by atoms with van der Waals surface area (Å²) in [6.45, 7) is 3.87. The second-order valence-electron chi connectivity index (χ2n) is 6.34. The summed E-state index contributed by atoms with van der Waals surface area (Å²) in [4.78, 5) is 26.0. The molecule has 0 aromatic rings. The Morgan fingerprint density at radius 3 is 2.06 bits per heavy atom. The lowest BCUT2D eigenvalue weighted by Crippen LogP contribution is -2.66. The lowest BCUT2D eigenvalue weighted by atomic mass is 9.63. The Morgan fingerprint density at radius 2 is 1.65 bits per heavy atom. The molecule has 4 nitrogen and oxygen atoms in total. The summed E-state index contributed by atoms with van der Waals surface area (Å²) in [5, 5.41) is 9.75. The molecule has 4 heteroatoms. The molecule has 94 valence electrons. The number of likely N-dealkylation sites (tertiary alicyclic amines) is 1. The van der Waals surface area contributed by atoms with Crippen LogP contribution >= 0.6 is 0 Å². The van der Waals surface area contributed by atoms with Crippen molar-refractivity contribution >= 4 is 11.8 Å². The molecule has 2 bridgehead atoms. The van der Waals surface area contributed by atoms with E-state index in [1.807, 2.05) is 13.8 Å². The van der Waals surface area contributed by atoms with E-state index in [1.165, 1.54) is 4.90 Å². The van der Waals surface area contributed by atoms with E-state index in [-0.39, 0.29) is 35.1 Å². The van der Waals surface area contributed by atoms with Gasteiger partial charge < -0.3 is 5.11 Å². The van der Waals surface area contributed by atoms with Gasteiger partial charge in [-0.2, -0.15) is 0 Å². The molecule has 4 atom stereocenters. The molecule has 2 amide bonds. The van der Waals surface area contributed by atoms with Gasteiger partial charge in [0.15, 0.2) is 0 Å². The average Bonchev–Trinajstić information content (AvgIpc) is 2.72. The summed E-state index contributed by atoms with van der Waals surface area (Å²) in [6.07, 6.45) is 2.63. The van der Waals surface area contributed by atoms with Crippen molar-refractivity contribution < 1.29 is 14.7 Å². The lowest BCUT2D eigenvalue weighted by Gasteiger charge is -2.54. The number of aliphatic hydroxyl groups is 1. The van der Waals surface area contributed by atoms with Crippen LogP contribution in [0.25, 0.3) is 0 Å². The molecule has 1 heterocycles. The average molecular weight is 237 g/mol. The molecule has 17 heavy (non-hydrogen) atoms. The standard InChI is InChI=1S/C13H19NO3/c1-13(2)9(6-10(13)15)14-11(16)7-3-4-8(5-7)12(14)17/h7-10,15H,3-6H2,1-2H3. The van der Waals surface area contributed by atoms with Gasteiger partial charge in [0.25, 0.3) is 0 Å². The SMILES string of the molecule is CC1(C)C(O)CC1N1C(=O)C2CCC(C2)C1=O. The molecule has 3 aliphatic rings. The van der Waals surface area contributed by atoms with Crippen LogP contribution < -0.4 is 0 Å². The number of piperidine rings is 1. The highest BCUT2D eigenvalue weighted by Gasteiger charge is 2.57. The molecule has 4 unspecified atom stereocenters. The summed E-state index contributed by atoms with van der Waals surface area (Å²) >= 11 is 0. The van der Waals surface area contributed by atoms with Crippen LogP contribution in [0.3, 0.4) is 0 Å². The number of carbonyl (C=O) groups excluding carboxylic acids is 2. The fraction of sp³-hybridized carbons (Fsp3) is 0.846. The Bertz CT molecular complexity index is 368. The Labute approximate surface area is 101 Å². The van der Waals surface area contributed by atoms with Gasteiger partial charge in [-0.1, -0.05) is 13.8 Å². The third-order valence-electron chi connectivity index (χ3n) is 5.08. The summed E-state index contributed by atoms with van der Waals surface area (Å²) in [5.41, 5.74) is -0.345. The van der Waals surface area contributed by atoms with Gasteiger partial charge in [0.1, 0.15) is 0 Å². The summed E-state index contributed by atoms with van der Waals surface area (Å²) in [7, 11) is 0. The molecule has 1 aliphatic heterocycles. The minimum absolute atomic E-state index is 0.00808. The fourth-order valence-corrected chi connectivity index (χ4v) is 3.56. The van der Waals surface area contributed by atoms with Crippen molar-refractivity contribution in [3.05, 3.63) is 0 Å². The first kappa shape index (κ1) is 11.2. The van der Waals surface area contributed by atoms with Gasteiger partial charge in [-0.3, -0.25) is 14.5 Å². The maximum atomic E-state index is 12.2. The van der Waals surface area contributed by atoms with Crippen LogP contribution in [0.2, 0.25) is 0 Å². The summed E-state index contributed by atoms with van der Waals surface area (Å²) in [6, 6.07) is -0.0964. The van der Waals surface area contributed by atoms with Crippen LogP contribution in [0.1, 0.15) is 39.5 Å². The first-order chi connectivity index (χ1) is 7.93. The van der Waals surface area contributed by atoms with Gasteiger partial charge in [-0.05, 0) is 25.7 Å². The Kier molecular flexibility index (Phi) is 2.18. The highest BCUT2D eigenvalue weighted by molar-refractivity contribution is 6.01. The topological polar surface area (TPSA) is 57.6 Å². The van der Waals surface area contributed by atoms with E-state index in [4.69, 9.17) is 0 Å². The molecule has 2 saturated carbocycles. The van der Waals surface area contributed by atoms with Crippen molar-refractivity contribution in [2.45, 2.75) is 51.7 Å². The minimum atomic E-state index is -0.396. The number of rotatable bonds is 1.